The predicted octanol–water partition coefficient (Wildman–Crippen LogP) is 3.84. The van der Waals surface area contributed by atoms with Gasteiger partial charge >= 0.3 is 0 Å². The summed E-state index contributed by atoms with van der Waals surface area (Å²) >= 11 is 12.1. The molecule has 102 valence electrons. The Morgan fingerprint density at radius 3 is 2.84 bits per heavy atom. The third kappa shape index (κ3) is 3.50. The van der Waals surface area contributed by atoms with Crippen LogP contribution >= 0.6 is 23.2 Å². The zero-order valence-electron chi connectivity index (χ0n) is 10.8. The van der Waals surface area contributed by atoms with Gasteiger partial charge in [-0.3, -0.25) is 0 Å². The van der Waals surface area contributed by atoms with E-state index in [9.17, 15) is 0 Å². The van der Waals surface area contributed by atoms with E-state index >= 15 is 0 Å². The summed E-state index contributed by atoms with van der Waals surface area (Å²) in [6.07, 6.45) is 5.52. The van der Waals surface area contributed by atoms with E-state index in [0.29, 0.717) is 16.5 Å². The first kappa shape index (κ1) is 14.4. The van der Waals surface area contributed by atoms with Crippen LogP contribution in [0.3, 0.4) is 0 Å². The first-order valence-corrected chi connectivity index (χ1v) is 7.08. The van der Waals surface area contributed by atoms with Gasteiger partial charge < -0.3 is 10.3 Å². The molecule has 3 nitrogen and oxygen atoms in total. The summed E-state index contributed by atoms with van der Waals surface area (Å²) in [6.45, 7) is 3.09. The Labute approximate surface area is 123 Å². The molecule has 1 unspecified atom stereocenters. The van der Waals surface area contributed by atoms with Crippen LogP contribution in [0, 0.1) is 0 Å². The quantitative estimate of drug-likeness (QED) is 0.911. The fourth-order valence-electron chi connectivity index (χ4n) is 2.08. The zero-order valence-corrected chi connectivity index (χ0v) is 12.3. The van der Waals surface area contributed by atoms with Crippen LogP contribution in [0.2, 0.25) is 10.0 Å². The fraction of sp³-hybridized carbons (Fsp3) is 0.357. The molecule has 1 aromatic heterocycles. The first-order chi connectivity index (χ1) is 9.11. The molecule has 0 aliphatic rings. The van der Waals surface area contributed by atoms with Gasteiger partial charge in [-0.1, -0.05) is 36.2 Å². The van der Waals surface area contributed by atoms with Crippen molar-refractivity contribution in [2.75, 3.05) is 0 Å². The van der Waals surface area contributed by atoms with E-state index in [0.717, 1.165) is 24.4 Å². The second-order valence-corrected chi connectivity index (χ2v) is 5.36. The molecule has 0 spiro atoms. The van der Waals surface area contributed by atoms with E-state index in [4.69, 9.17) is 28.9 Å². The Morgan fingerprint density at radius 1 is 1.37 bits per heavy atom. The lowest BCUT2D eigenvalue weighted by Crippen LogP contribution is -2.17. The molecule has 0 saturated carbocycles. The number of aromatic nitrogens is 2. The van der Waals surface area contributed by atoms with Crippen molar-refractivity contribution in [1.29, 1.82) is 0 Å². The van der Waals surface area contributed by atoms with Gasteiger partial charge in [-0.05, 0) is 24.1 Å². The maximum absolute atomic E-state index is 6.22. The van der Waals surface area contributed by atoms with Gasteiger partial charge in [-0.2, -0.15) is 0 Å². The van der Waals surface area contributed by atoms with Crippen molar-refractivity contribution in [1.82, 2.24) is 9.55 Å². The van der Waals surface area contributed by atoms with Crippen molar-refractivity contribution in [3.8, 4) is 0 Å². The number of rotatable bonds is 5. The molecule has 19 heavy (non-hydrogen) atoms. The summed E-state index contributed by atoms with van der Waals surface area (Å²) in [5.41, 5.74) is 7.12. The molecule has 0 aliphatic heterocycles. The van der Waals surface area contributed by atoms with E-state index in [1.165, 1.54) is 0 Å². The van der Waals surface area contributed by atoms with Gasteiger partial charge in [0.05, 0.1) is 0 Å². The first-order valence-electron chi connectivity index (χ1n) is 6.32. The van der Waals surface area contributed by atoms with Crippen molar-refractivity contribution in [3.63, 3.8) is 0 Å². The normalized spacial score (nSPS) is 12.6. The number of hydrogen-bond donors (Lipinski definition) is 1. The standard InChI is InChI=1S/C14H17Cl2N3/c1-2-6-19-7-5-18-14(19)9-13(17)11-4-3-10(15)8-12(11)16/h3-5,7-8,13H,2,6,9,17H2,1H3. The van der Waals surface area contributed by atoms with Crippen LogP contribution in [0.1, 0.15) is 30.8 Å². The molecule has 0 fully saturated rings. The van der Waals surface area contributed by atoms with Gasteiger partial charge in [0.2, 0.25) is 0 Å². The second-order valence-electron chi connectivity index (χ2n) is 4.51. The van der Waals surface area contributed by atoms with E-state index in [-0.39, 0.29) is 6.04 Å². The largest absolute Gasteiger partial charge is 0.335 e. The summed E-state index contributed by atoms with van der Waals surface area (Å²) in [4.78, 5) is 4.36. The Balaban J connectivity index is 2.16. The SMILES string of the molecule is CCCn1ccnc1CC(N)c1ccc(Cl)cc1Cl. The fourth-order valence-corrected chi connectivity index (χ4v) is 2.63. The Morgan fingerprint density at radius 2 is 2.16 bits per heavy atom. The van der Waals surface area contributed by atoms with Gasteiger partial charge in [0.15, 0.2) is 0 Å². The molecule has 1 heterocycles. The summed E-state index contributed by atoms with van der Waals surface area (Å²) in [7, 11) is 0. The van der Waals surface area contributed by atoms with Gasteiger partial charge in [0, 0.05) is 41.4 Å². The van der Waals surface area contributed by atoms with Crippen molar-refractivity contribution in [2.45, 2.75) is 32.4 Å². The van der Waals surface area contributed by atoms with Gasteiger partial charge in [-0.15, -0.1) is 0 Å². The van der Waals surface area contributed by atoms with Crippen LogP contribution in [0.4, 0.5) is 0 Å². The lowest BCUT2D eigenvalue weighted by molar-refractivity contribution is 0.599. The lowest BCUT2D eigenvalue weighted by Gasteiger charge is -2.14. The number of halogens is 2. The molecular weight excluding hydrogens is 281 g/mol. The number of nitrogens with two attached hydrogens (primary N) is 1. The molecule has 0 saturated heterocycles. The zero-order chi connectivity index (χ0) is 13.8. The van der Waals surface area contributed by atoms with Gasteiger partial charge in [0.1, 0.15) is 5.82 Å². The minimum atomic E-state index is -0.178. The maximum Gasteiger partial charge on any atom is 0.110 e. The molecule has 2 N–H and O–H groups in total. The van der Waals surface area contributed by atoms with Crippen molar-refractivity contribution in [3.05, 3.63) is 52.0 Å². The van der Waals surface area contributed by atoms with Crippen LogP contribution in [0.25, 0.3) is 0 Å². The molecule has 0 bridgehead atoms. The van der Waals surface area contributed by atoms with E-state index < -0.39 is 0 Å². The molecule has 0 amide bonds. The maximum atomic E-state index is 6.22. The highest BCUT2D eigenvalue weighted by atomic mass is 35.5. The number of nitrogens with zero attached hydrogens (tertiary/aromatic N) is 2. The van der Waals surface area contributed by atoms with Gasteiger partial charge in [0.25, 0.3) is 0 Å². The number of aryl methyl sites for hydroxylation is 1. The second kappa shape index (κ2) is 6.42. The molecule has 2 rings (SSSR count). The van der Waals surface area contributed by atoms with Crippen LogP contribution in [-0.4, -0.2) is 9.55 Å². The van der Waals surface area contributed by atoms with Crippen molar-refractivity contribution in [2.24, 2.45) is 5.73 Å². The third-order valence-corrected chi connectivity index (χ3v) is 3.59. The lowest BCUT2D eigenvalue weighted by atomic mass is 10.0. The van der Waals surface area contributed by atoms with Crippen LogP contribution < -0.4 is 5.73 Å². The highest BCUT2D eigenvalue weighted by molar-refractivity contribution is 6.35. The topological polar surface area (TPSA) is 43.8 Å². The number of benzene rings is 1. The molecule has 1 aromatic carbocycles. The van der Waals surface area contributed by atoms with Crippen molar-refractivity contribution >= 4 is 23.2 Å². The van der Waals surface area contributed by atoms with Crippen molar-refractivity contribution < 1.29 is 0 Å². The highest BCUT2D eigenvalue weighted by Gasteiger charge is 2.14. The molecule has 0 radical (unpaired) electrons. The van der Waals surface area contributed by atoms with Crippen LogP contribution in [0.5, 0.6) is 0 Å². The van der Waals surface area contributed by atoms with Crippen LogP contribution in [-0.2, 0) is 13.0 Å². The summed E-state index contributed by atoms with van der Waals surface area (Å²) in [6, 6.07) is 5.23. The Hall–Kier alpha value is -1.03. The Bertz CT molecular complexity index is 551. The average Bonchev–Trinajstić information content (AvgIpc) is 2.77. The minimum absolute atomic E-state index is 0.178. The number of hydrogen-bond acceptors (Lipinski definition) is 2. The molecule has 1 atom stereocenters. The van der Waals surface area contributed by atoms with E-state index in [2.05, 4.69) is 16.5 Å². The molecule has 2 aromatic rings. The predicted molar refractivity (Wildman–Crippen MR) is 79.6 cm³/mol. The molecule has 5 heteroatoms. The molecule has 0 aliphatic carbocycles. The third-order valence-electron chi connectivity index (χ3n) is 3.03. The van der Waals surface area contributed by atoms with Crippen LogP contribution in [0.15, 0.2) is 30.6 Å². The van der Waals surface area contributed by atoms with Gasteiger partial charge in [-0.25, -0.2) is 4.98 Å². The summed E-state index contributed by atoms with van der Waals surface area (Å²) in [5.74, 6) is 0.986. The van der Waals surface area contributed by atoms with E-state index in [1.807, 2.05) is 12.3 Å². The smallest absolute Gasteiger partial charge is 0.110 e. The highest BCUT2D eigenvalue weighted by Crippen LogP contribution is 2.26. The summed E-state index contributed by atoms with van der Waals surface area (Å²) < 4.78 is 2.13. The Kier molecular flexibility index (Phi) is 4.86. The summed E-state index contributed by atoms with van der Waals surface area (Å²) in [5, 5.41) is 1.22. The average molecular weight is 298 g/mol. The number of imidazole rings is 1. The minimum Gasteiger partial charge on any atom is -0.335 e. The monoisotopic (exact) mass is 297 g/mol. The molecular formula is C14H17Cl2N3. The van der Waals surface area contributed by atoms with E-state index in [1.54, 1.807) is 18.3 Å².